The largest absolute Gasteiger partial charge is 0.481 e. The van der Waals surface area contributed by atoms with E-state index >= 15 is 0 Å². The van der Waals surface area contributed by atoms with Crippen molar-refractivity contribution in [3.05, 3.63) is 35.1 Å². The van der Waals surface area contributed by atoms with Gasteiger partial charge in [0.15, 0.2) is 0 Å². The molecule has 0 radical (unpaired) electrons. The molecule has 0 bridgehead atoms. The summed E-state index contributed by atoms with van der Waals surface area (Å²) < 4.78 is 29.4. The number of ether oxygens (including phenoxy) is 3. The van der Waals surface area contributed by atoms with Crippen molar-refractivity contribution in [2.45, 2.75) is 19.1 Å². The minimum absolute atomic E-state index is 0.0427. The number of rotatable bonds is 8. The monoisotopic (exact) mass is 355 g/mol. The predicted molar refractivity (Wildman–Crippen MR) is 85.8 cm³/mol. The van der Waals surface area contributed by atoms with Crippen molar-refractivity contribution in [2.75, 3.05) is 40.0 Å². The average molecular weight is 355 g/mol. The minimum Gasteiger partial charge on any atom is -0.481 e. The highest BCUT2D eigenvalue weighted by atomic mass is 19.1. The number of hydrogen-bond acceptors (Lipinski definition) is 5. The van der Waals surface area contributed by atoms with E-state index < -0.39 is 17.9 Å². The van der Waals surface area contributed by atoms with Gasteiger partial charge in [0, 0.05) is 31.3 Å². The maximum absolute atomic E-state index is 13.9. The molecule has 1 saturated heterocycles. The molecule has 1 N–H and O–H groups in total. The number of carboxylic acids is 1. The summed E-state index contributed by atoms with van der Waals surface area (Å²) in [6, 6.07) is 4.11. The van der Waals surface area contributed by atoms with Crippen LogP contribution in [0.4, 0.5) is 4.39 Å². The summed E-state index contributed by atoms with van der Waals surface area (Å²) >= 11 is 0. The van der Waals surface area contributed by atoms with Gasteiger partial charge in [-0.25, -0.2) is 4.39 Å². The van der Waals surface area contributed by atoms with E-state index in [9.17, 15) is 14.0 Å². The highest BCUT2D eigenvalue weighted by molar-refractivity contribution is 5.94. The molecule has 1 aliphatic heterocycles. The van der Waals surface area contributed by atoms with Crippen molar-refractivity contribution in [3.8, 4) is 0 Å². The second kappa shape index (κ2) is 9.45. The zero-order chi connectivity index (χ0) is 18.2. The molecule has 0 spiro atoms. The number of hydrogen-bond donors (Lipinski definition) is 1. The Morgan fingerprint density at radius 3 is 2.92 bits per heavy atom. The summed E-state index contributed by atoms with van der Waals surface area (Å²) in [4.78, 5) is 24.9. The molecule has 1 fully saturated rings. The zero-order valence-electron chi connectivity index (χ0n) is 14.1. The van der Waals surface area contributed by atoms with Crippen LogP contribution in [0.5, 0.6) is 0 Å². The van der Waals surface area contributed by atoms with Crippen LogP contribution in [0.3, 0.4) is 0 Å². The lowest BCUT2D eigenvalue weighted by Crippen LogP contribution is -2.46. The van der Waals surface area contributed by atoms with Gasteiger partial charge >= 0.3 is 5.97 Å². The van der Waals surface area contributed by atoms with E-state index in [1.54, 1.807) is 7.11 Å². The van der Waals surface area contributed by atoms with Crippen LogP contribution in [0.1, 0.15) is 22.3 Å². The van der Waals surface area contributed by atoms with E-state index in [0.717, 1.165) is 0 Å². The van der Waals surface area contributed by atoms with Gasteiger partial charge in [-0.1, -0.05) is 0 Å². The van der Waals surface area contributed by atoms with Crippen molar-refractivity contribution < 1.29 is 33.3 Å². The number of nitrogens with zero attached hydrogens (tertiary/aromatic N) is 1. The molecule has 8 heteroatoms. The molecule has 1 aromatic carbocycles. The van der Waals surface area contributed by atoms with Gasteiger partial charge in [-0.05, 0) is 18.2 Å². The van der Waals surface area contributed by atoms with Gasteiger partial charge in [-0.3, -0.25) is 9.59 Å². The molecule has 7 nitrogen and oxygen atoms in total. The van der Waals surface area contributed by atoms with Crippen LogP contribution in [0.2, 0.25) is 0 Å². The Kier molecular flexibility index (Phi) is 7.30. The Labute approximate surface area is 145 Å². The Balaban J connectivity index is 2.01. The summed E-state index contributed by atoms with van der Waals surface area (Å²) in [5.41, 5.74) is 0.625. The van der Waals surface area contributed by atoms with Crippen LogP contribution in [0.25, 0.3) is 0 Å². The van der Waals surface area contributed by atoms with E-state index in [2.05, 4.69) is 0 Å². The lowest BCUT2D eigenvalue weighted by molar-refractivity contribution is -0.141. The molecule has 1 heterocycles. The molecule has 0 aliphatic carbocycles. The quantitative estimate of drug-likeness (QED) is 0.708. The number of carboxylic acid groups (broad SMARTS) is 1. The third kappa shape index (κ3) is 5.77. The third-order valence-electron chi connectivity index (χ3n) is 3.81. The number of carbonyl (C=O) groups is 2. The van der Waals surface area contributed by atoms with Crippen molar-refractivity contribution in [1.29, 1.82) is 0 Å². The first-order valence-electron chi connectivity index (χ1n) is 7.99. The fourth-order valence-electron chi connectivity index (χ4n) is 2.55. The Morgan fingerprint density at radius 1 is 1.40 bits per heavy atom. The summed E-state index contributed by atoms with van der Waals surface area (Å²) in [7, 11) is 1.54. The first-order valence-corrected chi connectivity index (χ1v) is 7.99. The number of carbonyl (C=O) groups excluding carboxylic acids is 1. The van der Waals surface area contributed by atoms with Gasteiger partial charge in [-0.2, -0.15) is 0 Å². The Hall–Kier alpha value is -2.03. The maximum atomic E-state index is 13.9. The fourth-order valence-corrected chi connectivity index (χ4v) is 2.55. The number of halogens is 1. The van der Waals surface area contributed by atoms with Gasteiger partial charge in [0.2, 0.25) is 0 Å². The first-order chi connectivity index (χ1) is 12.0. The predicted octanol–water partition coefficient (Wildman–Crippen LogP) is 1.30. The Morgan fingerprint density at radius 2 is 2.20 bits per heavy atom. The topological polar surface area (TPSA) is 85.3 Å². The molecule has 0 aromatic heterocycles. The van der Waals surface area contributed by atoms with E-state index in [1.165, 1.54) is 23.1 Å². The molecule has 1 aliphatic rings. The van der Waals surface area contributed by atoms with Crippen LogP contribution >= 0.6 is 0 Å². The zero-order valence-corrected chi connectivity index (χ0v) is 14.1. The summed E-state index contributed by atoms with van der Waals surface area (Å²) in [5, 5.41) is 8.85. The lowest BCUT2D eigenvalue weighted by atomic mass is 10.1. The Bertz CT molecular complexity index is 609. The van der Waals surface area contributed by atoms with E-state index in [4.69, 9.17) is 19.3 Å². The van der Waals surface area contributed by atoms with E-state index in [-0.39, 0.29) is 37.6 Å². The molecular formula is C17H22FNO6. The van der Waals surface area contributed by atoms with E-state index in [1.807, 2.05) is 0 Å². The highest BCUT2D eigenvalue weighted by Gasteiger charge is 2.27. The van der Waals surface area contributed by atoms with Crippen LogP contribution in [-0.4, -0.2) is 68.0 Å². The van der Waals surface area contributed by atoms with Crippen LogP contribution in [-0.2, 0) is 25.6 Å². The molecule has 1 amide bonds. The molecule has 2 rings (SSSR count). The second-order valence-electron chi connectivity index (χ2n) is 5.69. The standard InChI is InChI=1S/C17H22FNO6/c1-23-6-7-24-11-13-8-12(2-3-15(13)18)17(22)19-4-5-25-14(10-19)9-16(20)21/h2-3,8,14H,4-7,9-11H2,1H3,(H,20,21). The molecule has 1 unspecified atom stereocenters. The van der Waals surface area contributed by atoms with Crippen molar-refractivity contribution in [1.82, 2.24) is 4.90 Å². The minimum atomic E-state index is -0.975. The molecule has 25 heavy (non-hydrogen) atoms. The maximum Gasteiger partial charge on any atom is 0.306 e. The van der Waals surface area contributed by atoms with Crippen molar-refractivity contribution in [2.24, 2.45) is 0 Å². The van der Waals surface area contributed by atoms with Gasteiger partial charge in [-0.15, -0.1) is 0 Å². The number of amides is 1. The molecule has 1 aromatic rings. The van der Waals surface area contributed by atoms with Gasteiger partial charge in [0.05, 0.1) is 39.0 Å². The summed E-state index contributed by atoms with van der Waals surface area (Å²) in [6.07, 6.45) is -0.696. The van der Waals surface area contributed by atoms with Crippen LogP contribution < -0.4 is 0 Å². The molecule has 138 valence electrons. The SMILES string of the molecule is COCCOCc1cc(C(=O)N2CCOC(CC(=O)O)C2)ccc1F. The third-order valence-corrected chi connectivity index (χ3v) is 3.81. The van der Waals surface area contributed by atoms with Crippen molar-refractivity contribution >= 4 is 11.9 Å². The summed E-state index contributed by atoms with van der Waals surface area (Å²) in [6.45, 7) is 1.61. The van der Waals surface area contributed by atoms with Gasteiger partial charge in [0.1, 0.15) is 5.82 Å². The lowest BCUT2D eigenvalue weighted by Gasteiger charge is -2.32. The van der Waals surface area contributed by atoms with Crippen molar-refractivity contribution in [3.63, 3.8) is 0 Å². The van der Waals surface area contributed by atoms with Gasteiger partial charge in [0.25, 0.3) is 5.91 Å². The number of benzene rings is 1. The van der Waals surface area contributed by atoms with Gasteiger partial charge < -0.3 is 24.2 Å². The molecule has 0 saturated carbocycles. The van der Waals surface area contributed by atoms with E-state index in [0.29, 0.717) is 25.3 Å². The smallest absolute Gasteiger partial charge is 0.306 e. The van der Waals surface area contributed by atoms with Crippen LogP contribution in [0.15, 0.2) is 18.2 Å². The molecule has 1 atom stereocenters. The number of morpholine rings is 1. The molecular weight excluding hydrogens is 333 g/mol. The highest BCUT2D eigenvalue weighted by Crippen LogP contribution is 2.16. The average Bonchev–Trinajstić information content (AvgIpc) is 2.59. The summed E-state index contributed by atoms with van der Waals surface area (Å²) in [5.74, 6) is -1.70. The number of aliphatic carboxylic acids is 1. The second-order valence-corrected chi connectivity index (χ2v) is 5.69. The number of methoxy groups -OCH3 is 1. The fraction of sp³-hybridized carbons (Fsp3) is 0.529. The first kappa shape index (κ1) is 19.3. The normalized spacial score (nSPS) is 17.5. The van der Waals surface area contributed by atoms with Crippen LogP contribution in [0, 0.1) is 5.82 Å².